The fourth-order valence-electron chi connectivity index (χ4n) is 3.74. The Kier molecular flexibility index (Phi) is 5.88. The highest BCUT2D eigenvalue weighted by Gasteiger charge is 2.25. The molecular formula is C18H28N4O2. The second-order valence-corrected chi connectivity index (χ2v) is 7.00. The van der Waals surface area contributed by atoms with Gasteiger partial charge < -0.3 is 14.4 Å². The number of aromatic nitrogens is 2. The lowest BCUT2D eigenvalue weighted by Gasteiger charge is -2.33. The van der Waals surface area contributed by atoms with E-state index in [1.807, 2.05) is 20.6 Å². The van der Waals surface area contributed by atoms with Gasteiger partial charge in [0.2, 0.25) is 11.8 Å². The fourth-order valence-corrected chi connectivity index (χ4v) is 3.74. The first-order valence-corrected chi connectivity index (χ1v) is 9.23. The van der Waals surface area contributed by atoms with Crippen LogP contribution in [0.4, 0.5) is 0 Å². The quantitative estimate of drug-likeness (QED) is 0.766. The minimum atomic E-state index is 0.281. The van der Waals surface area contributed by atoms with E-state index >= 15 is 0 Å². The second-order valence-electron chi connectivity index (χ2n) is 7.00. The average Bonchev–Trinajstić information content (AvgIpc) is 3.25. The molecule has 2 amide bonds. The molecule has 3 heterocycles. The van der Waals surface area contributed by atoms with Gasteiger partial charge in [0.15, 0.2) is 0 Å². The van der Waals surface area contributed by atoms with Crippen molar-refractivity contribution < 1.29 is 9.59 Å². The van der Waals surface area contributed by atoms with Crippen LogP contribution in [0.2, 0.25) is 0 Å². The highest BCUT2D eigenvalue weighted by Crippen LogP contribution is 2.22. The van der Waals surface area contributed by atoms with E-state index in [9.17, 15) is 9.59 Å². The number of piperidine rings is 1. The molecule has 0 spiro atoms. The molecule has 0 aliphatic carbocycles. The zero-order chi connectivity index (χ0) is 16.8. The molecule has 1 aromatic heterocycles. The summed E-state index contributed by atoms with van der Waals surface area (Å²) in [4.78, 5) is 32.0. The molecular weight excluding hydrogens is 304 g/mol. The highest BCUT2D eigenvalue weighted by atomic mass is 16.2. The van der Waals surface area contributed by atoms with E-state index in [2.05, 4.69) is 4.98 Å². The SMILES string of the molecule is O=C1CCCN1CCC1CCN(C(=O)CCCn2ccnc2)CC1. The van der Waals surface area contributed by atoms with Gasteiger partial charge in [-0.3, -0.25) is 9.59 Å². The van der Waals surface area contributed by atoms with E-state index in [4.69, 9.17) is 0 Å². The summed E-state index contributed by atoms with van der Waals surface area (Å²) in [6.07, 6.45) is 12.0. The Morgan fingerprint density at radius 1 is 1.21 bits per heavy atom. The number of amides is 2. The topological polar surface area (TPSA) is 58.4 Å². The summed E-state index contributed by atoms with van der Waals surface area (Å²) >= 11 is 0. The lowest BCUT2D eigenvalue weighted by atomic mass is 9.93. The van der Waals surface area contributed by atoms with Crippen molar-refractivity contribution in [2.75, 3.05) is 26.2 Å². The van der Waals surface area contributed by atoms with Crippen LogP contribution < -0.4 is 0 Å². The summed E-state index contributed by atoms with van der Waals surface area (Å²) in [6, 6.07) is 0. The number of nitrogens with zero attached hydrogens (tertiary/aromatic N) is 4. The molecule has 2 aliphatic heterocycles. The molecule has 2 saturated heterocycles. The minimum Gasteiger partial charge on any atom is -0.343 e. The van der Waals surface area contributed by atoms with Crippen LogP contribution >= 0.6 is 0 Å². The van der Waals surface area contributed by atoms with Crippen LogP contribution in [-0.2, 0) is 16.1 Å². The molecule has 0 saturated carbocycles. The van der Waals surface area contributed by atoms with Gasteiger partial charge in [0.25, 0.3) is 0 Å². The number of rotatable bonds is 7. The van der Waals surface area contributed by atoms with Crippen molar-refractivity contribution in [2.24, 2.45) is 5.92 Å². The third-order valence-electron chi connectivity index (χ3n) is 5.31. The monoisotopic (exact) mass is 332 g/mol. The summed E-state index contributed by atoms with van der Waals surface area (Å²) in [6.45, 7) is 4.45. The molecule has 0 radical (unpaired) electrons. The van der Waals surface area contributed by atoms with Crippen LogP contribution in [0.1, 0.15) is 44.9 Å². The van der Waals surface area contributed by atoms with Gasteiger partial charge in [-0.05, 0) is 38.0 Å². The number of carbonyl (C=O) groups excluding carboxylic acids is 2. The van der Waals surface area contributed by atoms with E-state index in [1.54, 1.807) is 12.5 Å². The molecule has 0 bridgehead atoms. The van der Waals surface area contributed by atoms with E-state index in [0.717, 1.165) is 71.2 Å². The van der Waals surface area contributed by atoms with Crippen molar-refractivity contribution in [3.05, 3.63) is 18.7 Å². The van der Waals surface area contributed by atoms with E-state index < -0.39 is 0 Å². The lowest BCUT2D eigenvalue weighted by molar-refractivity contribution is -0.132. The Balaban J connectivity index is 1.31. The molecule has 2 fully saturated rings. The zero-order valence-corrected chi connectivity index (χ0v) is 14.4. The van der Waals surface area contributed by atoms with Crippen molar-refractivity contribution in [3.63, 3.8) is 0 Å². The van der Waals surface area contributed by atoms with Gasteiger partial charge in [-0.25, -0.2) is 4.98 Å². The van der Waals surface area contributed by atoms with Crippen molar-refractivity contribution in [3.8, 4) is 0 Å². The predicted molar refractivity (Wildman–Crippen MR) is 91.2 cm³/mol. The molecule has 0 unspecified atom stereocenters. The minimum absolute atomic E-state index is 0.281. The molecule has 0 aromatic carbocycles. The van der Waals surface area contributed by atoms with Crippen LogP contribution in [0.3, 0.4) is 0 Å². The largest absolute Gasteiger partial charge is 0.343 e. The first-order chi connectivity index (χ1) is 11.7. The first kappa shape index (κ1) is 17.0. The summed E-state index contributed by atoms with van der Waals surface area (Å²) in [5.74, 6) is 1.26. The van der Waals surface area contributed by atoms with Gasteiger partial charge in [-0.2, -0.15) is 0 Å². The molecule has 2 aliphatic rings. The smallest absolute Gasteiger partial charge is 0.222 e. The number of likely N-dealkylation sites (tertiary alicyclic amines) is 2. The van der Waals surface area contributed by atoms with Crippen LogP contribution in [-0.4, -0.2) is 57.3 Å². The predicted octanol–water partition coefficient (Wildman–Crippen LogP) is 1.91. The van der Waals surface area contributed by atoms with E-state index in [-0.39, 0.29) is 5.91 Å². The Morgan fingerprint density at radius 3 is 2.71 bits per heavy atom. The van der Waals surface area contributed by atoms with Crippen molar-refractivity contribution in [2.45, 2.75) is 51.5 Å². The summed E-state index contributed by atoms with van der Waals surface area (Å²) in [5, 5.41) is 0. The summed E-state index contributed by atoms with van der Waals surface area (Å²) in [7, 11) is 0. The summed E-state index contributed by atoms with van der Waals surface area (Å²) < 4.78 is 2.01. The van der Waals surface area contributed by atoms with Gasteiger partial charge in [0, 0.05) is 58.0 Å². The zero-order valence-electron chi connectivity index (χ0n) is 14.4. The average molecular weight is 332 g/mol. The second kappa shape index (κ2) is 8.31. The van der Waals surface area contributed by atoms with Gasteiger partial charge in [-0.15, -0.1) is 0 Å². The standard InChI is InChI=1S/C18H28N4O2/c23-17-4-2-10-21(17)11-5-16-6-12-22(13-7-16)18(24)3-1-9-20-14-8-19-15-20/h8,14-16H,1-7,9-13H2. The maximum absolute atomic E-state index is 12.3. The van der Waals surface area contributed by atoms with Gasteiger partial charge >= 0.3 is 0 Å². The first-order valence-electron chi connectivity index (χ1n) is 9.23. The number of aryl methyl sites for hydroxylation is 1. The summed E-state index contributed by atoms with van der Waals surface area (Å²) in [5.41, 5.74) is 0. The molecule has 132 valence electrons. The van der Waals surface area contributed by atoms with Gasteiger partial charge in [0.05, 0.1) is 6.33 Å². The molecule has 6 heteroatoms. The van der Waals surface area contributed by atoms with E-state index in [1.165, 1.54) is 0 Å². The molecule has 1 aromatic rings. The molecule has 24 heavy (non-hydrogen) atoms. The Morgan fingerprint density at radius 2 is 2.04 bits per heavy atom. The van der Waals surface area contributed by atoms with Crippen LogP contribution in [0.25, 0.3) is 0 Å². The molecule has 3 rings (SSSR count). The van der Waals surface area contributed by atoms with Crippen LogP contribution in [0, 0.1) is 5.92 Å². The third-order valence-corrected chi connectivity index (χ3v) is 5.31. The normalized spacial score (nSPS) is 19.2. The van der Waals surface area contributed by atoms with E-state index in [0.29, 0.717) is 18.2 Å². The maximum atomic E-state index is 12.3. The Bertz CT molecular complexity index is 535. The molecule has 0 N–H and O–H groups in total. The van der Waals surface area contributed by atoms with Crippen molar-refractivity contribution in [1.29, 1.82) is 0 Å². The number of hydrogen-bond donors (Lipinski definition) is 0. The number of carbonyl (C=O) groups is 2. The number of imidazole rings is 1. The van der Waals surface area contributed by atoms with Crippen LogP contribution in [0.15, 0.2) is 18.7 Å². The van der Waals surface area contributed by atoms with Crippen molar-refractivity contribution in [1.82, 2.24) is 19.4 Å². The van der Waals surface area contributed by atoms with Gasteiger partial charge in [0.1, 0.15) is 0 Å². The Hall–Kier alpha value is -1.85. The molecule has 0 atom stereocenters. The maximum Gasteiger partial charge on any atom is 0.222 e. The number of hydrogen-bond acceptors (Lipinski definition) is 3. The Labute approximate surface area is 143 Å². The fraction of sp³-hybridized carbons (Fsp3) is 0.722. The molecule has 6 nitrogen and oxygen atoms in total. The van der Waals surface area contributed by atoms with Gasteiger partial charge in [-0.1, -0.05) is 0 Å². The highest BCUT2D eigenvalue weighted by molar-refractivity contribution is 5.78. The lowest BCUT2D eigenvalue weighted by Crippen LogP contribution is -2.39. The van der Waals surface area contributed by atoms with Crippen LogP contribution in [0.5, 0.6) is 0 Å². The van der Waals surface area contributed by atoms with Crippen molar-refractivity contribution >= 4 is 11.8 Å². The third kappa shape index (κ3) is 4.58.